The van der Waals surface area contributed by atoms with E-state index >= 15 is 0 Å². The van der Waals surface area contributed by atoms with Gasteiger partial charge in [-0.1, -0.05) is 45.0 Å². The van der Waals surface area contributed by atoms with Crippen molar-refractivity contribution in [3.8, 4) is 5.75 Å². The van der Waals surface area contributed by atoms with E-state index in [1.807, 2.05) is 30.3 Å². The summed E-state index contributed by atoms with van der Waals surface area (Å²) in [6.07, 6.45) is 2.71. The highest BCUT2D eigenvalue weighted by Crippen LogP contribution is 2.37. The third-order valence-electron chi connectivity index (χ3n) is 4.48. The summed E-state index contributed by atoms with van der Waals surface area (Å²) in [4.78, 5) is 0. The average molecular weight is 304 g/mol. The van der Waals surface area contributed by atoms with Crippen LogP contribution in [0.1, 0.15) is 32.8 Å². The maximum absolute atomic E-state index is 10.1. The fourth-order valence-electron chi connectivity index (χ4n) is 2.01. The monoisotopic (exact) mass is 304 g/mol. The average Bonchev–Trinajstić information content (AvgIpc) is 2.38. The van der Waals surface area contributed by atoms with Crippen LogP contribution < -0.4 is 4.65 Å². The van der Waals surface area contributed by atoms with Gasteiger partial charge in [0.25, 0.3) is 0 Å². The van der Waals surface area contributed by atoms with Gasteiger partial charge in [0.15, 0.2) is 8.32 Å². The predicted molar refractivity (Wildman–Crippen MR) is 90.8 cm³/mol. The standard InChI is InChI=1S/C16H25BO3Si/c1-16(2,3)21(4,5)19-11-10-14-12-13-8-6-7-9-15(13)20-17(14)18/h6-9,12,18H,10-11H2,1-5H3. The number of fused-ring (bicyclic) bond motifs is 1. The Kier molecular flexibility index (Phi) is 4.66. The van der Waals surface area contributed by atoms with Gasteiger partial charge in [0.1, 0.15) is 5.75 Å². The molecule has 5 heteroatoms. The van der Waals surface area contributed by atoms with Crippen molar-refractivity contribution < 1.29 is 14.1 Å². The Hall–Kier alpha value is -1.04. The summed E-state index contributed by atoms with van der Waals surface area (Å²) in [6.45, 7) is 11.8. The lowest BCUT2D eigenvalue weighted by atomic mass is 9.74. The van der Waals surface area contributed by atoms with Gasteiger partial charge in [-0.2, -0.15) is 0 Å². The molecule has 0 fully saturated rings. The van der Waals surface area contributed by atoms with Crippen LogP contribution in [0.5, 0.6) is 5.75 Å². The van der Waals surface area contributed by atoms with Gasteiger partial charge in [-0.25, -0.2) is 0 Å². The second kappa shape index (κ2) is 5.99. The van der Waals surface area contributed by atoms with E-state index in [4.69, 9.17) is 9.08 Å². The van der Waals surface area contributed by atoms with Crippen molar-refractivity contribution in [3.63, 3.8) is 0 Å². The van der Waals surface area contributed by atoms with Crippen LogP contribution in [0.25, 0.3) is 6.08 Å². The van der Waals surface area contributed by atoms with Crippen molar-refractivity contribution in [3.05, 3.63) is 35.3 Å². The van der Waals surface area contributed by atoms with Gasteiger partial charge in [0.2, 0.25) is 0 Å². The molecule has 1 aromatic rings. The normalized spacial score (nSPS) is 15.3. The number of para-hydroxylation sites is 1. The minimum Gasteiger partial charge on any atom is -0.532 e. The van der Waals surface area contributed by atoms with E-state index in [2.05, 4.69) is 33.9 Å². The van der Waals surface area contributed by atoms with Crippen LogP contribution >= 0.6 is 0 Å². The molecule has 0 saturated carbocycles. The fraction of sp³-hybridized carbons (Fsp3) is 0.500. The molecular weight excluding hydrogens is 279 g/mol. The first-order valence-electron chi connectivity index (χ1n) is 7.49. The van der Waals surface area contributed by atoms with Crippen LogP contribution in [0.15, 0.2) is 29.7 Å². The first-order valence-corrected chi connectivity index (χ1v) is 10.4. The highest BCUT2D eigenvalue weighted by molar-refractivity contribution is 6.74. The molecule has 0 aliphatic carbocycles. The van der Waals surface area contributed by atoms with Crippen LogP contribution in [0.2, 0.25) is 18.1 Å². The summed E-state index contributed by atoms with van der Waals surface area (Å²) in [6, 6.07) is 7.75. The molecule has 0 spiro atoms. The van der Waals surface area contributed by atoms with E-state index in [9.17, 15) is 5.02 Å². The van der Waals surface area contributed by atoms with Crippen molar-refractivity contribution in [2.45, 2.75) is 45.3 Å². The predicted octanol–water partition coefficient (Wildman–Crippen LogP) is 3.89. The molecule has 3 nitrogen and oxygen atoms in total. The zero-order valence-electron chi connectivity index (χ0n) is 13.6. The molecular formula is C16H25BO3Si. The van der Waals surface area contributed by atoms with Crippen molar-refractivity contribution in [1.82, 2.24) is 0 Å². The van der Waals surface area contributed by atoms with E-state index in [-0.39, 0.29) is 5.04 Å². The van der Waals surface area contributed by atoms with Crippen LogP contribution in [-0.4, -0.2) is 27.1 Å². The topological polar surface area (TPSA) is 38.7 Å². The summed E-state index contributed by atoms with van der Waals surface area (Å²) in [7, 11) is -2.59. The molecule has 2 rings (SSSR count). The smallest absolute Gasteiger partial charge is 0.532 e. The molecule has 1 aliphatic heterocycles. The Morgan fingerprint density at radius 2 is 1.90 bits per heavy atom. The zero-order chi connectivity index (χ0) is 15.7. The van der Waals surface area contributed by atoms with E-state index < -0.39 is 15.4 Å². The summed E-state index contributed by atoms with van der Waals surface area (Å²) in [5, 5.41) is 10.3. The van der Waals surface area contributed by atoms with Crippen molar-refractivity contribution in [2.75, 3.05) is 6.61 Å². The molecule has 0 unspecified atom stereocenters. The van der Waals surface area contributed by atoms with Gasteiger partial charge < -0.3 is 14.1 Å². The zero-order valence-corrected chi connectivity index (χ0v) is 14.6. The number of rotatable bonds is 4. The Morgan fingerprint density at radius 1 is 1.24 bits per heavy atom. The Morgan fingerprint density at radius 3 is 2.57 bits per heavy atom. The minimum absolute atomic E-state index is 0.204. The van der Waals surface area contributed by atoms with Crippen molar-refractivity contribution >= 4 is 21.5 Å². The molecule has 0 amide bonds. The van der Waals surface area contributed by atoms with Gasteiger partial charge in [0.05, 0.1) is 0 Å². The second-order valence-electron chi connectivity index (χ2n) is 7.09. The van der Waals surface area contributed by atoms with Gasteiger partial charge in [-0.05, 0) is 36.1 Å². The molecule has 0 aromatic heterocycles. The molecule has 1 aliphatic rings. The minimum atomic E-state index is -1.73. The number of benzene rings is 1. The summed E-state index contributed by atoms with van der Waals surface area (Å²) in [5.41, 5.74) is 1.90. The fourth-order valence-corrected chi connectivity index (χ4v) is 3.06. The second-order valence-corrected chi connectivity index (χ2v) is 11.9. The van der Waals surface area contributed by atoms with Crippen LogP contribution in [0.4, 0.5) is 0 Å². The Labute approximate surface area is 129 Å². The SMILES string of the molecule is CC(C)(C)[Si](C)(C)OCCC1=Cc2ccccc2OB1O. The third-order valence-corrected chi connectivity index (χ3v) is 9.01. The maximum Gasteiger partial charge on any atom is 0.555 e. The summed E-state index contributed by atoms with van der Waals surface area (Å²) < 4.78 is 11.7. The quantitative estimate of drug-likeness (QED) is 0.858. The molecule has 0 saturated heterocycles. The van der Waals surface area contributed by atoms with Crippen LogP contribution in [0.3, 0.4) is 0 Å². The van der Waals surface area contributed by atoms with Crippen molar-refractivity contribution in [1.29, 1.82) is 0 Å². The van der Waals surface area contributed by atoms with E-state index in [0.29, 0.717) is 13.0 Å². The van der Waals surface area contributed by atoms with E-state index in [0.717, 1.165) is 16.8 Å². The highest BCUT2D eigenvalue weighted by Gasteiger charge is 2.37. The van der Waals surface area contributed by atoms with Gasteiger partial charge >= 0.3 is 7.12 Å². The van der Waals surface area contributed by atoms with Gasteiger partial charge in [0, 0.05) is 12.2 Å². The molecule has 1 heterocycles. The highest BCUT2D eigenvalue weighted by atomic mass is 28.4. The van der Waals surface area contributed by atoms with Crippen LogP contribution in [0, 0.1) is 0 Å². The molecule has 0 bridgehead atoms. The molecule has 0 radical (unpaired) electrons. The largest absolute Gasteiger partial charge is 0.555 e. The van der Waals surface area contributed by atoms with Crippen molar-refractivity contribution in [2.24, 2.45) is 0 Å². The third kappa shape index (κ3) is 3.79. The van der Waals surface area contributed by atoms with Crippen LogP contribution in [-0.2, 0) is 4.43 Å². The molecule has 1 aromatic carbocycles. The van der Waals surface area contributed by atoms with E-state index in [1.54, 1.807) is 0 Å². The molecule has 114 valence electrons. The van der Waals surface area contributed by atoms with E-state index in [1.165, 1.54) is 0 Å². The molecule has 1 N–H and O–H groups in total. The number of hydrogen-bond donors (Lipinski definition) is 1. The molecule has 21 heavy (non-hydrogen) atoms. The van der Waals surface area contributed by atoms with Gasteiger partial charge in [-0.15, -0.1) is 0 Å². The molecule has 0 atom stereocenters. The first-order chi connectivity index (χ1) is 9.71. The Balaban J connectivity index is 2.00. The number of hydrogen-bond acceptors (Lipinski definition) is 3. The lowest BCUT2D eigenvalue weighted by Crippen LogP contribution is -2.41. The van der Waals surface area contributed by atoms with Gasteiger partial charge in [-0.3, -0.25) is 0 Å². The lowest BCUT2D eigenvalue weighted by Gasteiger charge is -2.36. The maximum atomic E-state index is 10.1. The first kappa shape index (κ1) is 16.3. The lowest BCUT2D eigenvalue weighted by molar-refractivity contribution is 0.291. The Bertz CT molecular complexity index is 535. The summed E-state index contributed by atoms with van der Waals surface area (Å²) in [5.74, 6) is 0.735. The summed E-state index contributed by atoms with van der Waals surface area (Å²) >= 11 is 0.